The lowest BCUT2D eigenvalue weighted by Crippen LogP contribution is -2.49. The van der Waals surface area contributed by atoms with Crippen molar-refractivity contribution < 1.29 is 18.8 Å². The third-order valence-electron chi connectivity index (χ3n) is 4.24. The molecule has 1 spiro atoms. The second kappa shape index (κ2) is 5.65. The van der Waals surface area contributed by atoms with E-state index in [0.717, 1.165) is 17.0 Å². The lowest BCUT2D eigenvalue weighted by Gasteiger charge is -2.19. The lowest BCUT2D eigenvalue weighted by molar-refractivity contribution is -0.137. The number of amides is 4. The molecule has 2 aliphatic rings. The maximum atomic E-state index is 13.7. The zero-order valence-electron chi connectivity index (χ0n) is 12.8. The predicted molar refractivity (Wildman–Crippen MR) is 90.0 cm³/mol. The molecule has 1 fully saturated rings. The molecule has 0 unspecified atom stereocenters. The molecule has 132 valence electrons. The van der Waals surface area contributed by atoms with Crippen molar-refractivity contribution in [3.63, 3.8) is 0 Å². The first kappa shape index (κ1) is 16.7. The first-order valence-electron chi connectivity index (χ1n) is 7.39. The molecule has 2 aliphatic heterocycles. The van der Waals surface area contributed by atoms with Crippen molar-refractivity contribution in [2.75, 3.05) is 5.32 Å². The van der Waals surface area contributed by atoms with Crippen LogP contribution in [0.15, 0.2) is 30.3 Å². The molecule has 10 heteroatoms. The summed E-state index contributed by atoms with van der Waals surface area (Å²) < 4.78 is 13.7. The summed E-state index contributed by atoms with van der Waals surface area (Å²) in [5.41, 5.74) is -1.21. The minimum atomic E-state index is -1.99. The van der Waals surface area contributed by atoms with Crippen LogP contribution in [0, 0.1) is 5.82 Å². The normalized spacial score (nSPS) is 21.2. The van der Waals surface area contributed by atoms with Gasteiger partial charge >= 0.3 is 6.03 Å². The van der Waals surface area contributed by atoms with Gasteiger partial charge in [0, 0.05) is 11.3 Å². The van der Waals surface area contributed by atoms with Crippen LogP contribution in [0.25, 0.3) is 0 Å². The number of rotatable bonds is 2. The van der Waals surface area contributed by atoms with Gasteiger partial charge in [0.05, 0.1) is 6.54 Å². The second-order valence-corrected chi connectivity index (χ2v) is 6.61. The Morgan fingerprint density at radius 3 is 2.50 bits per heavy atom. The van der Waals surface area contributed by atoms with Crippen LogP contribution >= 0.6 is 23.2 Å². The fraction of sp³-hybridized carbons (Fsp3) is 0.125. The summed E-state index contributed by atoms with van der Waals surface area (Å²) in [5, 5.41) is 5.07. The summed E-state index contributed by atoms with van der Waals surface area (Å²) in [4.78, 5) is 42.5. The fourth-order valence-electron chi connectivity index (χ4n) is 3.12. The van der Waals surface area contributed by atoms with Gasteiger partial charge in [0.1, 0.15) is 16.1 Å². The quantitative estimate of drug-likeness (QED) is 0.464. The maximum absolute atomic E-state index is 13.7. The number of imide groups is 1. The topological polar surface area (TPSA) is 91.4 Å². The van der Waals surface area contributed by atoms with Crippen LogP contribution in [-0.2, 0) is 21.7 Å². The maximum Gasteiger partial charge on any atom is 0.326 e. The number of hydrogen-bond acceptors (Lipinski definition) is 4. The third kappa shape index (κ3) is 2.33. The van der Waals surface area contributed by atoms with Crippen molar-refractivity contribution in [3.8, 4) is 0 Å². The summed E-state index contributed by atoms with van der Waals surface area (Å²) in [5.74, 6) is -2.19. The summed E-state index contributed by atoms with van der Waals surface area (Å²) >= 11 is 11.7. The number of halogens is 3. The van der Waals surface area contributed by atoms with Crippen LogP contribution in [0.1, 0.15) is 11.1 Å². The molecule has 2 N–H and O–H groups in total. The molecule has 4 amide bonds. The summed E-state index contributed by atoms with van der Waals surface area (Å²) in [7, 11) is 0. The van der Waals surface area contributed by atoms with Gasteiger partial charge < -0.3 is 10.6 Å². The van der Waals surface area contributed by atoms with Crippen molar-refractivity contribution in [3.05, 3.63) is 57.6 Å². The largest absolute Gasteiger partial charge is 0.326 e. The van der Waals surface area contributed by atoms with Crippen molar-refractivity contribution in [2.45, 2.75) is 12.1 Å². The average molecular weight is 395 g/mol. The highest BCUT2D eigenvalue weighted by atomic mass is 35.5. The van der Waals surface area contributed by atoms with Crippen LogP contribution < -0.4 is 10.6 Å². The van der Waals surface area contributed by atoms with E-state index in [0.29, 0.717) is 5.56 Å². The highest BCUT2D eigenvalue weighted by Crippen LogP contribution is 2.41. The molecular formula is C16H9Cl2FN4O3. The molecule has 4 rings (SSSR count). The van der Waals surface area contributed by atoms with Gasteiger partial charge in [0.15, 0.2) is 0 Å². The predicted octanol–water partition coefficient (Wildman–Crippen LogP) is 2.43. The Labute approximate surface area is 156 Å². The molecule has 0 radical (unpaired) electrons. The van der Waals surface area contributed by atoms with Gasteiger partial charge in [-0.15, -0.1) is 0 Å². The molecular weight excluding hydrogens is 386 g/mol. The van der Waals surface area contributed by atoms with E-state index in [-0.39, 0.29) is 28.1 Å². The Hall–Kier alpha value is -2.71. The molecule has 0 aliphatic carbocycles. The Bertz CT molecular complexity index is 979. The first-order chi connectivity index (χ1) is 12.3. The van der Waals surface area contributed by atoms with Gasteiger partial charge in [-0.2, -0.15) is 0 Å². The Balaban J connectivity index is 1.74. The Kier molecular flexibility index (Phi) is 3.64. The number of nitrogens with zero attached hydrogens (tertiary/aromatic N) is 2. The Morgan fingerprint density at radius 2 is 1.81 bits per heavy atom. The summed E-state index contributed by atoms with van der Waals surface area (Å²) in [6.45, 7) is -0.174. The van der Waals surface area contributed by atoms with Crippen molar-refractivity contribution in [1.82, 2.24) is 15.2 Å². The monoisotopic (exact) mass is 394 g/mol. The van der Waals surface area contributed by atoms with Crippen LogP contribution in [0.3, 0.4) is 0 Å². The van der Waals surface area contributed by atoms with E-state index in [1.807, 2.05) is 0 Å². The number of nitrogens with one attached hydrogen (secondary N) is 2. The molecule has 0 bridgehead atoms. The fourth-order valence-corrected chi connectivity index (χ4v) is 3.62. The lowest BCUT2D eigenvalue weighted by atomic mass is 9.91. The van der Waals surface area contributed by atoms with E-state index in [4.69, 9.17) is 23.2 Å². The van der Waals surface area contributed by atoms with E-state index < -0.39 is 29.2 Å². The number of carbonyl (C=O) groups is 3. The number of carbonyl (C=O) groups excluding carboxylic acids is 3. The van der Waals surface area contributed by atoms with Crippen molar-refractivity contribution in [2.24, 2.45) is 0 Å². The number of fused-ring (bicyclic) bond motifs is 2. The van der Waals surface area contributed by atoms with Crippen molar-refractivity contribution >= 4 is 46.7 Å². The zero-order chi connectivity index (χ0) is 18.6. The number of aromatic nitrogens is 1. The van der Waals surface area contributed by atoms with Crippen molar-refractivity contribution in [1.29, 1.82) is 0 Å². The minimum Gasteiger partial charge on any atom is -0.323 e. The number of benzene rings is 1. The van der Waals surface area contributed by atoms with Gasteiger partial charge in [0.2, 0.25) is 5.54 Å². The minimum absolute atomic E-state index is 0.0640. The van der Waals surface area contributed by atoms with E-state index in [1.165, 1.54) is 18.2 Å². The van der Waals surface area contributed by atoms with Crippen LogP contribution in [0.2, 0.25) is 10.3 Å². The average Bonchev–Trinajstić information content (AvgIpc) is 2.97. The van der Waals surface area contributed by atoms with E-state index in [1.54, 1.807) is 0 Å². The molecule has 1 saturated heterocycles. The standard InChI is InChI=1S/C16H9Cl2FN4O3/c17-11-3-7(4-12(18)21-11)6-23-14(25)16(22-15(23)26)9-5-8(19)1-2-10(9)20-13(16)24/h1-5H,6H2,(H,20,24)(H,22,26)/t16-/m1/s1. The number of urea groups is 1. The van der Waals surface area contributed by atoms with Crippen LogP contribution in [0.4, 0.5) is 14.9 Å². The highest BCUT2D eigenvalue weighted by molar-refractivity contribution is 6.32. The summed E-state index contributed by atoms with van der Waals surface area (Å²) in [6, 6.07) is 5.64. The highest BCUT2D eigenvalue weighted by Gasteiger charge is 2.61. The molecule has 7 nitrogen and oxygen atoms in total. The number of pyridine rings is 1. The third-order valence-corrected chi connectivity index (χ3v) is 4.63. The van der Waals surface area contributed by atoms with E-state index >= 15 is 0 Å². The molecule has 1 aromatic carbocycles. The van der Waals surface area contributed by atoms with Crippen LogP contribution in [-0.4, -0.2) is 27.7 Å². The first-order valence-corrected chi connectivity index (χ1v) is 8.14. The van der Waals surface area contributed by atoms with Gasteiger partial charge in [-0.25, -0.2) is 14.2 Å². The SMILES string of the molecule is O=C1N[C@]2(C(=O)Nc3ccc(F)cc32)C(=O)N1Cc1cc(Cl)nc(Cl)c1. The molecule has 3 heterocycles. The molecule has 2 aromatic rings. The smallest absolute Gasteiger partial charge is 0.323 e. The molecule has 0 saturated carbocycles. The Morgan fingerprint density at radius 1 is 1.12 bits per heavy atom. The van der Waals surface area contributed by atoms with Gasteiger partial charge in [-0.3, -0.25) is 14.5 Å². The molecule has 1 aromatic heterocycles. The molecule has 1 atom stereocenters. The van der Waals surface area contributed by atoms with Gasteiger partial charge in [-0.1, -0.05) is 23.2 Å². The number of anilines is 1. The van der Waals surface area contributed by atoms with Gasteiger partial charge in [0.25, 0.3) is 11.8 Å². The van der Waals surface area contributed by atoms with E-state index in [9.17, 15) is 18.8 Å². The zero-order valence-corrected chi connectivity index (χ0v) is 14.4. The molecule has 26 heavy (non-hydrogen) atoms. The van der Waals surface area contributed by atoms with E-state index in [2.05, 4.69) is 15.6 Å². The number of hydrogen-bond donors (Lipinski definition) is 2. The second-order valence-electron chi connectivity index (χ2n) is 5.84. The summed E-state index contributed by atoms with van der Waals surface area (Å²) in [6.07, 6.45) is 0. The van der Waals surface area contributed by atoms with Gasteiger partial charge in [-0.05, 0) is 35.9 Å². The van der Waals surface area contributed by atoms with Crippen LogP contribution in [0.5, 0.6) is 0 Å².